The summed E-state index contributed by atoms with van der Waals surface area (Å²) in [4.78, 5) is 23.6. The van der Waals surface area contributed by atoms with E-state index in [-0.39, 0.29) is 6.42 Å². The molecule has 1 N–H and O–H groups in total. The molecule has 0 aliphatic carbocycles. The van der Waals surface area contributed by atoms with Crippen LogP contribution in [-0.2, 0) is 6.54 Å². The molecule has 1 rings (SSSR count). The van der Waals surface area contributed by atoms with Gasteiger partial charge in [-0.05, 0) is 6.42 Å². The number of alkyl halides is 1. The van der Waals surface area contributed by atoms with Crippen molar-refractivity contribution < 1.29 is 4.39 Å². The second-order valence-corrected chi connectivity index (χ2v) is 2.35. The molecule has 0 unspecified atom stereocenters. The van der Waals surface area contributed by atoms with E-state index in [2.05, 4.69) is 4.98 Å². The monoisotopic (exact) mass is 172 g/mol. The lowest BCUT2D eigenvalue weighted by molar-refractivity contribution is 0.441. The highest BCUT2D eigenvalue weighted by Crippen LogP contribution is 1.84. The number of rotatable bonds is 3. The Morgan fingerprint density at radius 1 is 1.50 bits per heavy atom. The SMILES string of the molecule is O=c1ccn(CCCF)c(=O)[nH]1. The molecule has 0 atom stereocenters. The summed E-state index contributed by atoms with van der Waals surface area (Å²) in [5.41, 5.74) is -0.924. The van der Waals surface area contributed by atoms with Gasteiger partial charge < -0.3 is 4.57 Å². The Bertz CT molecular complexity index is 355. The third-order valence-corrected chi connectivity index (χ3v) is 1.43. The van der Waals surface area contributed by atoms with Crippen LogP contribution in [0, 0.1) is 0 Å². The summed E-state index contributed by atoms with van der Waals surface area (Å²) in [5.74, 6) is 0. The maximum absolute atomic E-state index is 11.7. The molecule has 0 spiro atoms. The van der Waals surface area contributed by atoms with Gasteiger partial charge in [-0.25, -0.2) is 4.79 Å². The summed E-state index contributed by atoms with van der Waals surface area (Å²) in [6, 6.07) is 1.24. The zero-order chi connectivity index (χ0) is 8.97. The van der Waals surface area contributed by atoms with Gasteiger partial charge >= 0.3 is 5.69 Å². The smallest absolute Gasteiger partial charge is 0.301 e. The van der Waals surface area contributed by atoms with Gasteiger partial charge in [0, 0.05) is 18.8 Å². The molecule has 4 nitrogen and oxygen atoms in total. The molecule has 5 heteroatoms. The van der Waals surface area contributed by atoms with Gasteiger partial charge in [0.05, 0.1) is 6.67 Å². The molecule has 0 bridgehead atoms. The van der Waals surface area contributed by atoms with Crippen molar-refractivity contribution in [3.8, 4) is 0 Å². The zero-order valence-corrected chi connectivity index (χ0v) is 6.42. The molecule has 0 saturated carbocycles. The number of aromatic nitrogens is 2. The predicted molar refractivity (Wildman–Crippen MR) is 41.9 cm³/mol. The average Bonchev–Trinajstić information content (AvgIpc) is 2.03. The van der Waals surface area contributed by atoms with Crippen LogP contribution >= 0.6 is 0 Å². The van der Waals surface area contributed by atoms with E-state index in [1.54, 1.807) is 0 Å². The third-order valence-electron chi connectivity index (χ3n) is 1.43. The Balaban J connectivity index is 2.87. The normalized spacial score (nSPS) is 10.1. The van der Waals surface area contributed by atoms with Crippen LogP contribution in [-0.4, -0.2) is 16.2 Å². The highest BCUT2D eigenvalue weighted by atomic mass is 19.1. The Morgan fingerprint density at radius 2 is 2.25 bits per heavy atom. The van der Waals surface area contributed by atoms with Gasteiger partial charge in [-0.3, -0.25) is 14.2 Å². The number of nitrogens with zero attached hydrogens (tertiary/aromatic N) is 1. The first kappa shape index (κ1) is 8.70. The van der Waals surface area contributed by atoms with Crippen LogP contribution in [0.3, 0.4) is 0 Å². The number of halogens is 1. The Morgan fingerprint density at radius 3 is 2.83 bits per heavy atom. The maximum Gasteiger partial charge on any atom is 0.328 e. The van der Waals surface area contributed by atoms with Gasteiger partial charge in [-0.15, -0.1) is 0 Å². The molecule has 0 amide bonds. The van der Waals surface area contributed by atoms with E-state index in [9.17, 15) is 14.0 Å². The number of aryl methyl sites for hydroxylation is 1. The molecule has 1 heterocycles. The van der Waals surface area contributed by atoms with Crippen molar-refractivity contribution in [1.82, 2.24) is 9.55 Å². The second kappa shape index (κ2) is 3.85. The van der Waals surface area contributed by atoms with E-state index in [0.717, 1.165) is 0 Å². The van der Waals surface area contributed by atoms with Crippen LogP contribution in [0.2, 0.25) is 0 Å². The molecule has 12 heavy (non-hydrogen) atoms. The van der Waals surface area contributed by atoms with Crippen molar-refractivity contribution in [3.05, 3.63) is 33.1 Å². The van der Waals surface area contributed by atoms with Crippen LogP contribution < -0.4 is 11.2 Å². The highest BCUT2D eigenvalue weighted by Gasteiger charge is 1.94. The zero-order valence-electron chi connectivity index (χ0n) is 6.42. The molecule has 1 aromatic rings. The van der Waals surface area contributed by atoms with Gasteiger partial charge in [-0.1, -0.05) is 0 Å². The van der Waals surface area contributed by atoms with Gasteiger partial charge in [0.15, 0.2) is 0 Å². The molecule has 0 aliphatic heterocycles. The number of aromatic amines is 1. The molecule has 0 aromatic carbocycles. The summed E-state index contributed by atoms with van der Waals surface area (Å²) in [7, 11) is 0. The van der Waals surface area contributed by atoms with Crippen molar-refractivity contribution in [2.24, 2.45) is 0 Å². The van der Waals surface area contributed by atoms with Gasteiger partial charge in [0.1, 0.15) is 0 Å². The topological polar surface area (TPSA) is 54.9 Å². The molecular formula is C7H9FN2O2. The van der Waals surface area contributed by atoms with Crippen molar-refractivity contribution in [3.63, 3.8) is 0 Å². The van der Waals surface area contributed by atoms with Crippen molar-refractivity contribution in [1.29, 1.82) is 0 Å². The molecule has 1 aromatic heterocycles. The Labute approximate surface area is 67.7 Å². The number of H-pyrrole nitrogens is 1. The van der Waals surface area contributed by atoms with E-state index >= 15 is 0 Å². The highest BCUT2D eigenvalue weighted by molar-refractivity contribution is 4.82. The van der Waals surface area contributed by atoms with Crippen LogP contribution in [0.1, 0.15) is 6.42 Å². The third kappa shape index (κ3) is 2.05. The van der Waals surface area contributed by atoms with Crippen LogP contribution in [0.25, 0.3) is 0 Å². The van der Waals surface area contributed by atoms with Crippen molar-refractivity contribution in [2.75, 3.05) is 6.67 Å². The van der Waals surface area contributed by atoms with E-state index in [1.807, 2.05) is 0 Å². The maximum atomic E-state index is 11.7. The molecule has 0 saturated heterocycles. The molecule has 0 fully saturated rings. The fraction of sp³-hybridized carbons (Fsp3) is 0.429. The summed E-state index contributed by atoms with van der Waals surface area (Å²) in [6.07, 6.45) is 1.64. The Kier molecular flexibility index (Phi) is 2.79. The standard InChI is InChI=1S/C7H9FN2O2/c8-3-1-4-10-5-2-6(11)9-7(10)12/h2,5H,1,3-4H2,(H,9,11,12). The lowest BCUT2D eigenvalue weighted by Crippen LogP contribution is -2.28. The van der Waals surface area contributed by atoms with Crippen molar-refractivity contribution >= 4 is 0 Å². The quantitative estimate of drug-likeness (QED) is 0.692. The minimum absolute atomic E-state index is 0.284. The van der Waals surface area contributed by atoms with E-state index in [4.69, 9.17) is 0 Å². The fourth-order valence-electron chi connectivity index (χ4n) is 0.850. The summed E-state index contributed by atoms with van der Waals surface area (Å²) in [6.45, 7) is -0.169. The molecule has 66 valence electrons. The van der Waals surface area contributed by atoms with Crippen LogP contribution in [0.5, 0.6) is 0 Å². The summed E-state index contributed by atoms with van der Waals surface area (Å²) >= 11 is 0. The van der Waals surface area contributed by atoms with E-state index in [1.165, 1.54) is 16.8 Å². The molecular weight excluding hydrogens is 163 g/mol. The van der Waals surface area contributed by atoms with Crippen LogP contribution in [0.15, 0.2) is 21.9 Å². The lowest BCUT2D eigenvalue weighted by atomic mass is 10.4. The predicted octanol–water partition coefficient (Wildman–Crippen LogP) is -0.104. The number of nitrogens with one attached hydrogen (secondary N) is 1. The molecule has 0 radical (unpaired) electrons. The second-order valence-electron chi connectivity index (χ2n) is 2.35. The number of hydrogen-bond donors (Lipinski definition) is 1. The molecule has 0 aliphatic rings. The van der Waals surface area contributed by atoms with Crippen LogP contribution in [0.4, 0.5) is 4.39 Å². The Hall–Kier alpha value is -1.39. The summed E-state index contributed by atoms with van der Waals surface area (Å²) in [5, 5.41) is 0. The first-order valence-electron chi connectivity index (χ1n) is 3.60. The van der Waals surface area contributed by atoms with Gasteiger partial charge in [0.25, 0.3) is 5.56 Å². The van der Waals surface area contributed by atoms with Gasteiger partial charge in [-0.2, -0.15) is 0 Å². The number of hydrogen-bond acceptors (Lipinski definition) is 2. The first-order valence-corrected chi connectivity index (χ1v) is 3.60. The largest absolute Gasteiger partial charge is 0.328 e. The van der Waals surface area contributed by atoms with Crippen molar-refractivity contribution in [2.45, 2.75) is 13.0 Å². The summed E-state index contributed by atoms with van der Waals surface area (Å²) < 4.78 is 13.0. The minimum Gasteiger partial charge on any atom is -0.301 e. The minimum atomic E-state index is -0.490. The van der Waals surface area contributed by atoms with E-state index < -0.39 is 17.9 Å². The average molecular weight is 172 g/mol. The van der Waals surface area contributed by atoms with Gasteiger partial charge in [0.2, 0.25) is 0 Å². The fourth-order valence-corrected chi connectivity index (χ4v) is 0.850. The van der Waals surface area contributed by atoms with E-state index in [0.29, 0.717) is 6.54 Å². The lowest BCUT2D eigenvalue weighted by Gasteiger charge is -2.00. The first-order chi connectivity index (χ1) is 5.74.